The van der Waals surface area contributed by atoms with E-state index in [9.17, 15) is 9.90 Å². The van der Waals surface area contributed by atoms with E-state index in [1.54, 1.807) is 18.2 Å². The fourth-order valence-corrected chi connectivity index (χ4v) is 3.18. The maximum atomic E-state index is 12.3. The number of hydrogen-bond donors (Lipinski definition) is 2. The predicted octanol–water partition coefficient (Wildman–Crippen LogP) is 3.70. The molecule has 1 aliphatic rings. The zero-order chi connectivity index (χ0) is 14.0. The highest BCUT2D eigenvalue weighted by Crippen LogP contribution is 2.35. The zero-order valence-corrected chi connectivity index (χ0v) is 13.5. The molecule has 1 amide bonds. The van der Waals surface area contributed by atoms with Crippen LogP contribution < -0.4 is 5.32 Å². The first-order valence-corrected chi connectivity index (χ1v) is 7.77. The van der Waals surface area contributed by atoms with Crippen LogP contribution >= 0.6 is 22.6 Å². The molecule has 1 fully saturated rings. The Hall–Kier alpha value is -0.780. The highest BCUT2D eigenvalue weighted by atomic mass is 127. The van der Waals surface area contributed by atoms with Crippen molar-refractivity contribution in [2.75, 3.05) is 0 Å². The van der Waals surface area contributed by atoms with E-state index < -0.39 is 0 Å². The number of amides is 1. The van der Waals surface area contributed by atoms with Crippen molar-refractivity contribution >= 4 is 28.5 Å². The number of carbonyl (C=O) groups is 1. The van der Waals surface area contributed by atoms with Crippen molar-refractivity contribution in [3.8, 4) is 5.75 Å². The van der Waals surface area contributed by atoms with Crippen LogP contribution in [-0.4, -0.2) is 17.1 Å². The average Bonchev–Trinajstić information content (AvgIpc) is 2.34. The molecule has 2 rings (SSSR count). The number of halogens is 1. The number of phenolic OH excluding ortho intramolecular Hbond substituents is 1. The van der Waals surface area contributed by atoms with Gasteiger partial charge in [-0.25, -0.2) is 0 Å². The Morgan fingerprint density at radius 1 is 1.42 bits per heavy atom. The van der Waals surface area contributed by atoms with Gasteiger partial charge in [0.2, 0.25) is 0 Å². The van der Waals surface area contributed by atoms with Gasteiger partial charge in [0.25, 0.3) is 5.91 Å². The molecule has 2 N–H and O–H groups in total. The molecule has 4 heteroatoms. The van der Waals surface area contributed by atoms with E-state index in [4.69, 9.17) is 0 Å². The second kappa shape index (κ2) is 5.69. The van der Waals surface area contributed by atoms with Crippen LogP contribution in [0.3, 0.4) is 0 Å². The second-order valence-electron chi connectivity index (χ2n) is 5.92. The molecule has 1 atom stereocenters. The highest BCUT2D eigenvalue weighted by Gasteiger charge is 2.33. The van der Waals surface area contributed by atoms with Gasteiger partial charge in [0.05, 0.1) is 5.56 Å². The third-order valence-corrected chi connectivity index (χ3v) is 4.69. The molecule has 0 heterocycles. The molecule has 104 valence electrons. The molecule has 1 aromatic rings. The van der Waals surface area contributed by atoms with E-state index in [-0.39, 0.29) is 23.1 Å². The van der Waals surface area contributed by atoms with E-state index in [0.29, 0.717) is 5.56 Å². The largest absolute Gasteiger partial charge is 0.507 e. The van der Waals surface area contributed by atoms with Gasteiger partial charge < -0.3 is 10.4 Å². The van der Waals surface area contributed by atoms with Gasteiger partial charge in [0.1, 0.15) is 5.75 Å². The fraction of sp³-hybridized carbons (Fsp3) is 0.533. The fourth-order valence-electron chi connectivity index (χ4n) is 2.69. The monoisotopic (exact) mass is 373 g/mol. The van der Waals surface area contributed by atoms with Crippen LogP contribution in [0.5, 0.6) is 5.75 Å². The number of rotatable bonds is 2. The summed E-state index contributed by atoms with van der Waals surface area (Å²) in [5, 5.41) is 12.9. The Balaban J connectivity index is 2.14. The molecule has 1 aliphatic carbocycles. The second-order valence-corrected chi connectivity index (χ2v) is 7.17. The summed E-state index contributed by atoms with van der Waals surface area (Å²) in [6.07, 6.45) is 4.54. The number of benzene rings is 1. The van der Waals surface area contributed by atoms with E-state index in [1.165, 1.54) is 6.42 Å². The highest BCUT2D eigenvalue weighted by molar-refractivity contribution is 14.1. The lowest BCUT2D eigenvalue weighted by Gasteiger charge is -2.39. The summed E-state index contributed by atoms with van der Waals surface area (Å²) in [6.45, 7) is 4.40. The molecule has 1 aromatic carbocycles. The Morgan fingerprint density at radius 3 is 2.84 bits per heavy atom. The molecule has 0 bridgehead atoms. The molecule has 0 spiro atoms. The van der Waals surface area contributed by atoms with Crippen LogP contribution in [0.4, 0.5) is 0 Å². The first-order valence-electron chi connectivity index (χ1n) is 6.69. The molecule has 3 nitrogen and oxygen atoms in total. The number of carbonyl (C=O) groups excluding carboxylic acids is 1. The van der Waals surface area contributed by atoms with Crippen LogP contribution in [0.2, 0.25) is 0 Å². The lowest BCUT2D eigenvalue weighted by atomic mass is 9.73. The summed E-state index contributed by atoms with van der Waals surface area (Å²) < 4.78 is 0.948. The summed E-state index contributed by atoms with van der Waals surface area (Å²) in [5.41, 5.74) is 0.499. The minimum absolute atomic E-state index is 0.0477. The quantitative estimate of drug-likeness (QED) is 0.777. The first kappa shape index (κ1) is 14.6. The van der Waals surface area contributed by atoms with Crippen LogP contribution in [0.15, 0.2) is 18.2 Å². The predicted molar refractivity (Wildman–Crippen MR) is 84.3 cm³/mol. The van der Waals surface area contributed by atoms with E-state index >= 15 is 0 Å². The van der Waals surface area contributed by atoms with Gasteiger partial charge in [-0.15, -0.1) is 0 Å². The van der Waals surface area contributed by atoms with E-state index in [0.717, 1.165) is 22.8 Å². The van der Waals surface area contributed by atoms with Crippen molar-refractivity contribution in [2.45, 2.75) is 45.6 Å². The smallest absolute Gasteiger partial charge is 0.255 e. The van der Waals surface area contributed by atoms with Gasteiger partial charge >= 0.3 is 0 Å². The van der Waals surface area contributed by atoms with Gasteiger partial charge in [0, 0.05) is 9.61 Å². The normalized spacial score (nSPS) is 21.9. The van der Waals surface area contributed by atoms with Crippen LogP contribution in [0, 0.1) is 8.99 Å². The van der Waals surface area contributed by atoms with Crippen molar-refractivity contribution in [3.63, 3.8) is 0 Å². The summed E-state index contributed by atoms with van der Waals surface area (Å²) >= 11 is 2.14. The van der Waals surface area contributed by atoms with Crippen LogP contribution in [0.1, 0.15) is 49.9 Å². The average molecular weight is 373 g/mol. The van der Waals surface area contributed by atoms with Gasteiger partial charge in [-0.1, -0.05) is 26.7 Å². The topological polar surface area (TPSA) is 49.3 Å². The molecule has 1 saturated carbocycles. The molecule has 19 heavy (non-hydrogen) atoms. The van der Waals surface area contributed by atoms with E-state index in [2.05, 4.69) is 41.8 Å². The third kappa shape index (κ3) is 3.41. The molecule has 0 aromatic heterocycles. The van der Waals surface area contributed by atoms with Crippen molar-refractivity contribution in [2.24, 2.45) is 5.41 Å². The summed E-state index contributed by atoms with van der Waals surface area (Å²) in [7, 11) is 0. The third-order valence-electron chi connectivity index (χ3n) is 4.02. The number of hydrogen-bond acceptors (Lipinski definition) is 2. The van der Waals surface area contributed by atoms with Crippen molar-refractivity contribution in [1.29, 1.82) is 0 Å². The molecule has 0 radical (unpaired) electrons. The molecule has 0 aliphatic heterocycles. The number of aromatic hydroxyl groups is 1. The van der Waals surface area contributed by atoms with Crippen LogP contribution in [0.25, 0.3) is 0 Å². The van der Waals surface area contributed by atoms with Crippen LogP contribution in [-0.2, 0) is 0 Å². The molecular weight excluding hydrogens is 353 g/mol. The van der Waals surface area contributed by atoms with Gasteiger partial charge in [-0.3, -0.25) is 4.79 Å². The Kier molecular flexibility index (Phi) is 4.38. The Morgan fingerprint density at radius 2 is 2.16 bits per heavy atom. The molecular formula is C15H20INO2. The molecule has 1 unspecified atom stereocenters. The van der Waals surface area contributed by atoms with Gasteiger partial charge in [0.15, 0.2) is 0 Å². The first-order chi connectivity index (χ1) is 8.90. The zero-order valence-electron chi connectivity index (χ0n) is 11.4. The lowest BCUT2D eigenvalue weighted by molar-refractivity contribution is 0.0851. The molecule has 0 saturated heterocycles. The van der Waals surface area contributed by atoms with Crippen molar-refractivity contribution in [1.82, 2.24) is 5.32 Å². The maximum Gasteiger partial charge on any atom is 0.255 e. The minimum atomic E-state index is -0.170. The summed E-state index contributed by atoms with van der Waals surface area (Å²) in [6, 6.07) is 5.27. The van der Waals surface area contributed by atoms with Crippen molar-refractivity contribution < 1.29 is 9.90 Å². The lowest BCUT2D eigenvalue weighted by Crippen LogP contribution is -2.46. The standard InChI is InChI=1S/C15H20INO2/c1-15(2)8-4-3-5-13(15)17-14(19)11-9-10(16)6-7-12(11)18/h6-7,9,13,18H,3-5,8H2,1-2H3,(H,17,19). The summed E-state index contributed by atoms with van der Waals surface area (Å²) in [4.78, 5) is 12.3. The van der Waals surface area contributed by atoms with Crippen molar-refractivity contribution in [3.05, 3.63) is 27.3 Å². The van der Waals surface area contributed by atoms with E-state index in [1.807, 2.05) is 0 Å². The maximum absolute atomic E-state index is 12.3. The Labute approximate surface area is 127 Å². The van der Waals surface area contributed by atoms with Gasteiger partial charge in [-0.05, 0) is 59.0 Å². The minimum Gasteiger partial charge on any atom is -0.507 e. The summed E-state index contributed by atoms with van der Waals surface area (Å²) in [5.74, 6) is -0.123. The Bertz CT molecular complexity index is 485. The number of phenols is 1. The number of nitrogens with one attached hydrogen (secondary N) is 1. The SMILES string of the molecule is CC1(C)CCCCC1NC(=O)c1cc(I)ccc1O. The van der Waals surface area contributed by atoms with Gasteiger partial charge in [-0.2, -0.15) is 0 Å².